The fraction of sp³-hybridized carbons (Fsp3) is 0.696. The van der Waals surface area contributed by atoms with Crippen molar-refractivity contribution < 1.29 is 10.0 Å². The van der Waals surface area contributed by atoms with E-state index in [0.29, 0.717) is 17.0 Å². The van der Waals surface area contributed by atoms with Crippen LogP contribution in [0.4, 0.5) is 0 Å². The van der Waals surface area contributed by atoms with Crippen molar-refractivity contribution in [3.8, 4) is 0 Å². The topological polar surface area (TPSA) is 52.6 Å². The number of nitrogens with zero attached hydrogens (tertiary/aromatic N) is 1. The molecule has 150 valence electrons. The molecule has 2 fully saturated rings. The van der Waals surface area contributed by atoms with Crippen LogP contribution < -0.4 is 5.48 Å². The molecule has 0 spiro atoms. The average molecular weight is 373 g/mol. The van der Waals surface area contributed by atoms with Crippen molar-refractivity contribution in [3.63, 3.8) is 0 Å². The second kappa shape index (κ2) is 8.32. The van der Waals surface area contributed by atoms with Gasteiger partial charge in [-0.25, -0.2) is 5.48 Å². The van der Waals surface area contributed by atoms with Crippen LogP contribution in [0.3, 0.4) is 0 Å². The van der Waals surface area contributed by atoms with Crippen molar-refractivity contribution in [2.45, 2.75) is 71.9 Å². The Morgan fingerprint density at radius 1 is 1.22 bits per heavy atom. The highest BCUT2D eigenvalue weighted by molar-refractivity contribution is 5.93. The van der Waals surface area contributed by atoms with E-state index >= 15 is 0 Å². The first kappa shape index (κ1) is 20.3. The number of hydroxylamine groups is 1. The number of rotatable bonds is 6. The summed E-state index contributed by atoms with van der Waals surface area (Å²) in [6.45, 7) is 8.13. The van der Waals surface area contributed by atoms with E-state index < -0.39 is 5.91 Å². The minimum atomic E-state index is -0.462. The first-order valence-corrected chi connectivity index (χ1v) is 10.6. The standard InChI is InChI=1S/C23H36N2O2/c1-5-23(13-19-10-16(2)11-20(12-19)14-23)17(3)25(4)15-18-6-8-21(9-7-18)22(26)24-27/h6-9,16-17,19-20,27H,5,10-15H2,1-4H3,(H,24,26). The zero-order valence-electron chi connectivity index (χ0n) is 17.4. The van der Waals surface area contributed by atoms with Crippen LogP contribution in [0.1, 0.15) is 75.2 Å². The first-order chi connectivity index (χ1) is 12.9. The molecule has 1 aromatic carbocycles. The molecule has 0 aliphatic heterocycles. The van der Waals surface area contributed by atoms with E-state index in [-0.39, 0.29) is 0 Å². The zero-order chi connectivity index (χ0) is 19.6. The lowest BCUT2D eigenvalue weighted by molar-refractivity contribution is -0.0256. The maximum atomic E-state index is 11.5. The Morgan fingerprint density at radius 2 is 1.81 bits per heavy atom. The van der Waals surface area contributed by atoms with Crippen molar-refractivity contribution in [1.29, 1.82) is 0 Å². The van der Waals surface area contributed by atoms with Crippen molar-refractivity contribution in [2.75, 3.05) is 7.05 Å². The molecule has 0 saturated heterocycles. The maximum Gasteiger partial charge on any atom is 0.274 e. The number of nitrogens with one attached hydrogen (secondary N) is 1. The number of carbonyl (C=O) groups is 1. The monoisotopic (exact) mass is 372 g/mol. The van der Waals surface area contributed by atoms with E-state index in [1.165, 1.54) is 44.1 Å². The Morgan fingerprint density at radius 3 is 2.33 bits per heavy atom. The lowest BCUT2D eigenvalue weighted by Gasteiger charge is -2.53. The van der Waals surface area contributed by atoms with Gasteiger partial charge in [0.2, 0.25) is 0 Å². The van der Waals surface area contributed by atoms with Crippen LogP contribution in [-0.2, 0) is 6.54 Å². The zero-order valence-corrected chi connectivity index (χ0v) is 17.4. The molecule has 2 saturated carbocycles. The van der Waals surface area contributed by atoms with Crippen LogP contribution in [0.5, 0.6) is 0 Å². The number of carbonyl (C=O) groups excluding carboxylic acids is 1. The second-order valence-electron chi connectivity index (χ2n) is 9.40. The summed E-state index contributed by atoms with van der Waals surface area (Å²) in [5.74, 6) is 2.28. The van der Waals surface area contributed by atoms with E-state index in [2.05, 4.69) is 32.7 Å². The quantitative estimate of drug-likeness (QED) is 0.553. The summed E-state index contributed by atoms with van der Waals surface area (Å²) in [7, 11) is 2.24. The van der Waals surface area contributed by atoms with Crippen LogP contribution in [0.2, 0.25) is 0 Å². The Kier molecular flexibility index (Phi) is 6.27. The molecule has 3 atom stereocenters. The van der Waals surface area contributed by atoms with E-state index in [0.717, 1.165) is 24.3 Å². The normalized spacial score (nSPS) is 31.6. The number of benzene rings is 1. The van der Waals surface area contributed by atoms with E-state index in [1.807, 2.05) is 12.1 Å². The van der Waals surface area contributed by atoms with E-state index in [4.69, 9.17) is 5.21 Å². The molecule has 2 aliphatic carbocycles. The molecule has 4 heteroatoms. The number of fused-ring (bicyclic) bond motifs is 2. The van der Waals surface area contributed by atoms with Crippen LogP contribution in [0.25, 0.3) is 0 Å². The average Bonchev–Trinajstić information content (AvgIpc) is 2.66. The predicted molar refractivity (Wildman–Crippen MR) is 109 cm³/mol. The SMILES string of the molecule is CCC1(C(C)N(C)Cc2ccc(C(=O)NO)cc2)CC2CC(C)CC(C2)C1. The third kappa shape index (κ3) is 4.38. The molecule has 1 aromatic rings. The molecule has 0 radical (unpaired) electrons. The highest BCUT2D eigenvalue weighted by Crippen LogP contribution is 2.54. The van der Waals surface area contributed by atoms with Gasteiger partial charge in [0.25, 0.3) is 5.91 Å². The molecular formula is C23H36N2O2. The van der Waals surface area contributed by atoms with Gasteiger partial charge in [-0.05, 0) is 93.4 Å². The summed E-state index contributed by atoms with van der Waals surface area (Å²) in [6.07, 6.45) is 8.31. The van der Waals surface area contributed by atoms with Crippen molar-refractivity contribution in [2.24, 2.45) is 23.2 Å². The highest BCUT2D eigenvalue weighted by atomic mass is 16.5. The van der Waals surface area contributed by atoms with Gasteiger partial charge in [-0.2, -0.15) is 0 Å². The Hall–Kier alpha value is -1.39. The minimum absolute atomic E-state index is 0.430. The number of amides is 1. The van der Waals surface area contributed by atoms with Gasteiger partial charge in [0, 0.05) is 18.2 Å². The molecule has 1 amide bonds. The fourth-order valence-corrected chi connectivity index (χ4v) is 6.11. The molecule has 0 heterocycles. The summed E-state index contributed by atoms with van der Waals surface area (Å²) in [5, 5.41) is 8.75. The van der Waals surface area contributed by atoms with E-state index in [9.17, 15) is 4.79 Å². The lowest BCUT2D eigenvalue weighted by Crippen LogP contribution is -2.49. The molecule has 2 aliphatic rings. The Bertz CT molecular complexity index is 624. The van der Waals surface area contributed by atoms with E-state index in [1.54, 1.807) is 17.6 Å². The second-order valence-corrected chi connectivity index (χ2v) is 9.40. The van der Waals surface area contributed by atoms with Crippen molar-refractivity contribution in [3.05, 3.63) is 35.4 Å². The van der Waals surface area contributed by atoms with Crippen molar-refractivity contribution in [1.82, 2.24) is 10.4 Å². The molecule has 3 rings (SSSR count). The van der Waals surface area contributed by atoms with Crippen LogP contribution in [0, 0.1) is 23.2 Å². The highest BCUT2D eigenvalue weighted by Gasteiger charge is 2.46. The van der Waals surface area contributed by atoms with Crippen LogP contribution in [-0.4, -0.2) is 29.1 Å². The maximum absolute atomic E-state index is 11.5. The number of hydrogen-bond donors (Lipinski definition) is 2. The van der Waals surface area contributed by atoms with Gasteiger partial charge in [-0.1, -0.05) is 26.0 Å². The summed E-state index contributed by atoms with van der Waals surface area (Å²) in [5.41, 5.74) is 3.80. The van der Waals surface area contributed by atoms with Gasteiger partial charge in [-0.15, -0.1) is 0 Å². The predicted octanol–water partition coefficient (Wildman–Crippen LogP) is 4.87. The molecule has 3 unspecified atom stereocenters. The molecular weight excluding hydrogens is 336 g/mol. The summed E-state index contributed by atoms with van der Waals surface area (Å²) < 4.78 is 0. The van der Waals surface area contributed by atoms with Gasteiger partial charge < -0.3 is 0 Å². The lowest BCUT2D eigenvalue weighted by atomic mass is 9.56. The molecule has 2 N–H and O–H groups in total. The van der Waals surface area contributed by atoms with Gasteiger partial charge in [0.15, 0.2) is 0 Å². The van der Waals surface area contributed by atoms with Gasteiger partial charge in [-0.3, -0.25) is 14.9 Å². The summed E-state index contributed by atoms with van der Waals surface area (Å²) >= 11 is 0. The van der Waals surface area contributed by atoms with Gasteiger partial charge >= 0.3 is 0 Å². The van der Waals surface area contributed by atoms with Crippen molar-refractivity contribution >= 4 is 5.91 Å². The molecule has 27 heavy (non-hydrogen) atoms. The van der Waals surface area contributed by atoms with Crippen LogP contribution >= 0.6 is 0 Å². The Balaban J connectivity index is 1.68. The third-order valence-corrected chi connectivity index (χ3v) is 7.53. The van der Waals surface area contributed by atoms with Gasteiger partial charge in [0.05, 0.1) is 0 Å². The van der Waals surface area contributed by atoms with Gasteiger partial charge in [0.1, 0.15) is 0 Å². The molecule has 4 nitrogen and oxygen atoms in total. The smallest absolute Gasteiger partial charge is 0.274 e. The largest absolute Gasteiger partial charge is 0.299 e. The van der Waals surface area contributed by atoms with Crippen LogP contribution in [0.15, 0.2) is 24.3 Å². The third-order valence-electron chi connectivity index (χ3n) is 7.53. The number of hydrogen-bond acceptors (Lipinski definition) is 3. The summed E-state index contributed by atoms with van der Waals surface area (Å²) in [4.78, 5) is 14.0. The minimum Gasteiger partial charge on any atom is -0.299 e. The summed E-state index contributed by atoms with van der Waals surface area (Å²) in [6, 6.07) is 8.08. The fourth-order valence-electron chi connectivity index (χ4n) is 6.11. The molecule has 2 bridgehead atoms. The molecule has 0 aromatic heterocycles. The Labute approximate surface area is 164 Å². The first-order valence-electron chi connectivity index (χ1n) is 10.6.